The monoisotopic (exact) mass is 333 g/mol. The highest BCUT2D eigenvalue weighted by atomic mass is 15.2. The van der Waals surface area contributed by atoms with Crippen LogP contribution in [0.15, 0.2) is 54.9 Å². The number of H-pyrrole nitrogens is 1. The van der Waals surface area contributed by atoms with E-state index in [0.29, 0.717) is 0 Å². The highest BCUT2D eigenvalue weighted by Gasteiger charge is 2.14. The lowest BCUT2D eigenvalue weighted by molar-refractivity contribution is 0.148. The summed E-state index contributed by atoms with van der Waals surface area (Å²) in [6.07, 6.45) is 3.78. The SMILES string of the molecule is CN1CCN(Cc2ccc(-c3ccc(-c4ccn[nH]4)cc3)nc2)CC1. The van der Waals surface area contributed by atoms with Gasteiger partial charge < -0.3 is 4.90 Å². The molecule has 0 radical (unpaired) electrons. The van der Waals surface area contributed by atoms with Crippen molar-refractivity contribution < 1.29 is 0 Å². The van der Waals surface area contributed by atoms with Crippen molar-refractivity contribution in [3.8, 4) is 22.5 Å². The van der Waals surface area contributed by atoms with Crippen LogP contribution in [0.4, 0.5) is 0 Å². The summed E-state index contributed by atoms with van der Waals surface area (Å²) in [5.41, 5.74) is 5.59. The lowest BCUT2D eigenvalue weighted by Crippen LogP contribution is -2.43. The first-order valence-electron chi connectivity index (χ1n) is 8.74. The molecule has 128 valence electrons. The fourth-order valence-corrected chi connectivity index (χ4v) is 3.19. The number of rotatable bonds is 4. The van der Waals surface area contributed by atoms with Gasteiger partial charge >= 0.3 is 0 Å². The summed E-state index contributed by atoms with van der Waals surface area (Å²) < 4.78 is 0. The molecule has 0 bridgehead atoms. The van der Waals surface area contributed by atoms with Gasteiger partial charge in [0.2, 0.25) is 0 Å². The molecular weight excluding hydrogens is 310 g/mol. The van der Waals surface area contributed by atoms with E-state index in [2.05, 4.69) is 68.4 Å². The third-order valence-electron chi connectivity index (χ3n) is 4.82. The van der Waals surface area contributed by atoms with Crippen LogP contribution in [0, 0.1) is 0 Å². The lowest BCUT2D eigenvalue weighted by Gasteiger charge is -2.32. The number of likely N-dealkylation sites (N-methyl/N-ethyl adjacent to an activating group) is 1. The van der Waals surface area contributed by atoms with Crippen molar-refractivity contribution in [2.45, 2.75) is 6.54 Å². The van der Waals surface area contributed by atoms with Gasteiger partial charge in [-0.15, -0.1) is 0 Å². The second-order valence-corrected chi connectivity index (χ2v) is 6.68. The molecule has 1 fully saturated rings. The van der Waals surface area contributed by atoms with E-state index in [0.717, 1.165) is 55.2 Å². The van der Waals surface area contributed by atoms with Crippen LogP contribution in [0.25, 0.3) is 22.5 Å². The number of nitrogens with zero attached hydrogens (tertiary/aromatic N) is 4. The Morgan fingerprint density at radius 2 is 1.68 bits per heavy atom. The van der Waals surface area contributed by atoms with Crippen LogP contribution in [0.2, 0.25) is 0 Å². The molecule has 0 unspecified atom stereocenters. The molecular formula is C20H23N5. The summed E-state index contributed by atoms with van der Waals surface area (Å²) >= 11 is 0. The van der Waals surface area contributed by atoms with Crippen LogP contribution in [0.3, 0.4) is 0 Å². The molecule has 1 aromatic carbocycles. The van der Waals surface area contributed by atoms with E-state index in [9.17, 15) is 0 Å². The smallest absolute Gasteiger partial charge is 0.0702 e. The maximum atomic E-state index is 4.66. The van der Waals surface area contributed by atoms with E-state index in [1.54, 1.807) is 6.20 Å². The van der Waals surface area contributed by atoms with Gasteiger partial charge in [-0.2, -0.15) is 5.10 Å². The Hall–Kier alpha value is -2.50. The van der Waals surface area contributed by atoms with E-state index in [-0.39, 0.29) is 0 Å². The molecule has 1 aliphatic heterocycles. The minimum atomic E-state index is 0.986. The highest BCUT2D eigenvalue weighted by Crippen LogP contribution is 2.22. The predicted octanol–water partition coefficient (Wildman–Crippen LogP) is 2.89. The Labute approximate surface area is 148 Å². The molecule has 25 heavy (non-hydrogen) atoms. The van der Waals surface area contributed by atoms with Crippen molar-refractivity contribution in [1.82, 2.24) is 25.0 Å². The first-order valence-corrected chi connectivity index (χ1v) is 8.74. The van der Waals surface area contributed by atoms with Crippen LogP contribution in [0.1, 0.15) is 5.56 Å². The average Bonchev–Trinajstić information content (AvgIpc) is 3.19. The molecule has 0 spiro atoms. The van der Waals surface area contributed by atoms with Crippen LogP contribution in [-0.2, 0) is 6.54 Å². The molecule has 1 aliphatic rings. The van der Waals surface area contributed by atoms with Gasteiger partial charge in [-0.25, -0.2) is 0 Å². The fraction of sp³-hybridized carbons (Fsp3) is 0.300. The van der Waals surface area contributed by atoms with Crippen molar-refractivity contribution in [2.75, 3.05) is 33.2 Å². The van der Waals surface area contributed by atoms with Crippen molar-refractivity contribution in [1.29, 1.82) is 0 Å². The predicted molar refractivity (Wildman–Crippen MR) is 100 cm³/mol. The number of piperazine rings is 1. The summed E-state index contributed by atoms with van der Waals surface area (Å²) in [6.45, 7) is 5.54. The molecule has 1 saturated heterocycles. The van der Waals surface area contributed by atoms with Gasteiger partial charge in [-0.1, -0.05) is 30.3 Å². The molecule has 2 aromatic heterocycles. The first kappa shape index (κ1) is 16.0. The summed E-state index contributed by atoms with van der Waals surface area (Å²) in [6, 6.07) is 14.7. The van der Waals surface area contributed by atoms with E-state index in [4.69, 9.17) is 0 Å². The third-order valence-corrected chi connectivity index (χ3v) is 4.82. The largest absolute Gasteiger partial charge is 0.304 e. The van der Waals surface area contributed by atoms with Crippen LogP contribution >= 0.6 is 0 Å². The summed E-state index contributed by atoms with van der Waals surface area (Å²) in [5, 5.41) is 6.99. The number of nitrogens with one attached hydrogen (secondary N) is 1. The molecule has 3 aromatic rings. The van der Waals surface area contributed by atoms with E-state index >= 15 is 0 Å². The topological polar surface area (TPSA) is 48.0 Å². The van der Waals surface area contributed by atoms with Gasteiger partial charge in [0.05, 0.1) is 11.4 Å². The summed E-state index contributed by atoms with van der Waals surface area (Å²) in [4.78, 5) is 9.54. The molecule has 5 heteroatoms. The highest BCUT2D eigenvalue weighted by molar-refractivity contribution is 5.66. The third kappa shape index (κ3) is 3.78. The normalized spacial score (nSPS) is 16.2. The number of hydrogen-bond donors (Lipinski definition) is 1. The Morgan fingerprint density at radius 1 is 0.920 bits per heavy atom. The van der Waals surface area contributed by atoms with Crippen LogP contribution in [0.5, 0.6) is 0 Å². The van der Waals surface area contributed by atoms with Crippen molar-refractivity contribution in [2.24, 2.45) is 0 Å². The average molecular weight is 333 g/mol. The number of benzene rings is 1. The maximum absolute atomic E-state index is 4.66. The number of pyridine rings is 1. The quantitative estimate of drug-likeness (QED) is 0.797. The standard InChI is InChI=1S/C20H23N5/c1-24-10-12-25(13-11-24)15-16-2-7-19(21-14-16)17-3-5-18(6-4-17)20-8-9-22-23-20/h2-9,14H,10-13,15H2,1H3,(H,22,23). The Kier molecular flexibility index (Phi) is 4.59. The zero-order valence-corrected chi connectivity index (χ0v) is 14.5. The minimum Gasteiger partial charge on any atom is -0.304 e. The molecule has 3 heterocycles. The molecule has 4 rings (SSSR count). The van der Waals surface area contributed by atoms with Gasteiger partial charge in [0.1, 0.15) is 0 Å². The Morgan fingerprint density at radius 3 is 2.32 bits per heavy atom. The van der Waals surface area contributed by atoms with Gasteiger partial charge in [-0.3, -0.25) is 15.0 Å². The maximum Gasteiger partial charge on any atom is 0.0702 e. The van der Waals surface area contributed by atoms with E-state index in [1.165, 1.54) is 5.56 Å². The second kappa shape index (κ2) is 7.17. The molecule has 5 nitrogen and oxygen atoms in total. The Balaban J connectivity index is 1.43. The van der Waals surface area contributed by atoms with Crippen molar-refractivity contribution >= 4 is 0 Å². The molecule has 0 amide bonds. The molecule has 0 atom stereocenters. The fourth-order valence-electron chi connectivity index (χ4n) is 3.19. The van der Waals surface area contributed by atoms with E-state index in [1.807, 2.05) is 12.3 Å². The summed E-state index contributed by atoms with van der Waals surface area (Å²) in [7, 11) is 2.19. The molecule has 0 saturated carbocycles. The van der Waals surface area contributed by atoms with Crippen molar-refractivity contribution in [3.05, 3.63) is 60.4 Å². The minimum absolute atomic E-state index is 0.986. The zero-order valence-electron chi connectivity index (χ0n) is 14.5. The van der Waals surface area contributed by atoms with Crippen LogP contribution < -0.4 is 0 Å². The van der Waals surface area contributed by atoms with Gasteiger partial charge in [-0.05, 0) is 30.3 Å². The van der Waals surface area contributed by atoms with Crippen molar-refractivity contribution in [3.63, 3.8) is 0 Å². The van der Waals surface area contributed by atoms with Gasteiger partial charge in [0.15, 0.2) is 0 Å². The number of aromatic nitrogens is 3. The van der Waals surface area contributed by atoms with Crippen LogP contribution in [-0.4, -0.2) is 58.2 Å². The number of hydrogen-bond acceptors (Lipinski definition) is 4. The Bertz CT molecular complexity index is 785. The van der Waals surface area contributed by atoms with Gasteiger partial charge in [0.25, 0.3) is 0 Å². The van der Waals surface area contributed by atoms with E-state index < -0.39 is 0 Å². The second-order valence-electron chi connectivity index (χ2n) is 6.68. The first-order chi connectivity index (χ1) is 12.3. The number of aromatic amines is 1. The lowest BCUT2D eigenvalue weighted by atomic mass is 10.1. The molecule has 0 aliphatic carbocycles. The summed E-state index contributed by atoms with van der Waals surface area (Å²) in [5.74, 6) is 0. The molecule has 1 N–H and O–H groups in total. The zero-order chi connectivity index (χ0) is 17.1. The van der Waals surface area contributed by atoms with Gasteiger partial charge in [0, 0.05) is 50.7 Å².